The molecule has 0 radical (unpaired) electrons. The van der Waals surface area contributed by atoms with E-state index in [1.54, 1.807) is 14.2 Å². The second-order valence-electron chi connectivity index (χ2n) is 5.53. The van der Waals surface area contributed by atoms with Gasteiger partial charge in [-0.2, -0.15) is 0 Å². The van der Waals surface area contributed by atoms with Crippen molar-refractivity contribution in [3.63, 3.8) is 0 Å². The fourth-order valence-electron chi connectivity index (χ4n) is 2.72. The molecule has 1 aliphatic heterocycles. The van der Waals surface area contributed by atoms with Gasteiger partial charge in [-0.3, -0.25) is 0 Å². The van der Waals surface area contributed by atoms with E-state index in [2.05, 4.69) is 21.2 Å². The Hall–Kier alpha value is -1.27. The third-order valence-corrected chi connectivity index (χ3v) is 4.67. The van der Waals surface area contributed by atoms with Crippen LogP contribution in [0, 0.1) is 5.92 Å². The van der Waals surface area contributed by atoms with Gasteiger partial charge < -0.3 is 19.7 Å². The number of hydrogen-bond acceptors (Lipinski definition) is 3. The highest BCUT2D eigenvalue weighted by Crippen LogP contribution is 2.22. The Morgan fingerprint density at radius 2 is 2.27 bits per heavy atom. The van der Waals surface area contributed by atoms with Gasteiger partial charge in [0.25, 0.3) is 0 Å². The summed E-state index contributed by atoms with van der Waals surface area (Å²) in [4.78, 5) is 14.2. The summed E-state index contributed by atoms with van der Waals surface area (Å²) < 4.78 is 11.4. The summed E-state index contributed by atoms with van der Waals surface area (Å²) in [5, 5.41) is 2.98. The monoisotopic (exact) mass is 370 g/mol. The minimum atomic E-state index is -0.0180. The summed E-state index contributed by atoms with van der Waals surface area (Å²) in [5.74, 6) is 1.22. The normalized spacial score (nSPS) is 18.1. The molecule has 2 rings (SSSR count). The van der Waals surface area contributed by atoms with E-state index in [0.717, 1.165) is 41.7 Å². The van der Waals surface area contributed by atoms with Crippen LogP contribution in [0.2, 0.25) is 0 Å². The van der Waals surface area contributed by atoms with E-state index in [1.165, 1.54) is 0 Å². The summed E-state index contributed by atoms with van der Waals surface area (Å²) in [6.07, 6.45) is 2.16. The summed E-state index contributed by atoms with van der Waals surface area (Å²) >= 11 is 3.50. The summed E-state index contributed by atoms with van der Waals surface area (Å²) in [5.41, 5.74) is 0.998. The lowest BCUT2D eigenvalue weighted by Crippen LogP contribution is -2.46. The first-order valence-electron chi connectivity index (χ1n) is 7.48. The van der Waals surface area contributed by atoms with Crippen LogP contribution in [-0.4, -0.2) is 44.8 Å². The molecule has 1 heterocycles. The standard InChI is InChI=1S/C16H23BrN2O3/c1-21-11-12-4-3-7-19(10-12)16(20)18-9-13-8-14(22-2)5-6-15(13)17/h5-6,8,12H,3-4,7,9-11H2,1-2H3,(H,18,20). The third-order valence-electron chi connectivity index (χ3n) is 3.89. The van der Waals surface area contributed by atoms with Crippen LogP contribution < -0.4 is 10.1 Å². The number of methoxy groups -OCH3 is 2. The smallest absolute Gasteiger partial charge is 0.317 e. The zero-order chi connectivity index (χ0) is 15.9. The molecule has 0 aromatic heterocycles. The molecule has 5 nitrogen and oxygen atoms in total. The first-order valence-corrected chi connectivity index (χ1v) is 8.27. The number of urea groups is 1. The predicted molar refractivity (Wildman–Crippen MR) is 89.1 cm³/mol. The molecule has 1 aromatic carbocycles. The van der Waals surface area contributed by atoms with E-state index in [1.807, 2.05) is 23.1 Å². The maximum atomic E-state index is 12.3. The van der Waals surface area contributed by atoms with Gasteiger partial charge in [-0.25, -0.2) is 4.79 Å². The molecule has 1 saturated heterocycles. The lowest BCUT2D eigenvalue weighted by molar-refractivity contribution is 0.100. The lowest BCUT2D eigenvalue weighted by atomic mass is 9.99. The van der Waals surface area contributed by atoms with Gasteiger partial charge in [-0.15, -0.1) is 0 Å². The van der Waals surface area contributed by atoms with Gasteiger partial charge in [-0.05, 0) is 36.6 Å². The number of benzene rings is 1. The number of nitrogens with zero attached hydrogens (tertiary/aromatic N) is 1. The maximum absolute atomic E-state index is 12.3. The van der Waals surface area contributed by atoms with Crippen LogP contribution in [-0.2, 0) is 11.3 Å². The summed E-state index contributed by atoms with van der Waals surface area (Å²) in [7, 11) is 3.34. The molecule has 2 amide bonds. The summed E-state index contributed by atoms with van der Waals surface area (Å²) in [6.45, 7) is 2.76. The topological polar surface area (TPSA) is 50.8 Å². The average molecular weight is 371 g/mol. The highest BCUT2D eigenvalue weighted by atomic mass is 79.9. The molecule has 1 atom stereocenters. The lowest BCUT2D eigenvalue weighted by Gasteiger charge is -2.32. The fourth-order valence-corrected chi connectivity index (χ4v) is 3.10. The molecule has 22 heavy (non-hydrogen) atoms. The van der Waals surface area contributed by atoms with E-state index in [-0.39, 0.29) is 6.03 Å². The molecule has 1 fully saturated rings. The van der Waals surface area contributed by atoms with Crippen molar-refractivity contribution in [3.8, 4) is 5.75 Å². The van der Waals surface area contributed by atoms with Gasteiger partial charge in [-0.1, -0.05) is 15.9 Å². The van der Waals surface area contributed by atoms with Crippen LogP contribution in [0.15, 0.2) is 22.7 Å². The summed E-state index contributed by atoms with van der Waals surface area (Å²) in [6, 6.07) is 5.72. The molecule has 0 bridgehead atoms. The van der Waals surface area contributed by atoms with Crippen LogP contribution in [0.4, 0.5) is 4.79 Å². The zero-order valence-electron chi connectivity index (χ0n) is 13.1. The second-order valence-corrected chi connectivity index (χ2v) is 6.38. The van der Waals surface area contributed by atoms with Crippen LogP contribution in [0.25, 0.3) is 0 Å². The average Bonchev–Trinajstić information content (AvgIpc) is 2.54. The first kappa shape index (κ1) is 17.1. The molecule has 6 heteroatoms. The molecular weight excluding hydrogens is 348 g/mol. The van der Waals surface area contributed by atoms with Crippen molar-refractivity contribution in [1.82, 2.24) is 10.2 Å². The minimum absolute atomic E-state index is 0.0180. The van der Waals surface area contributed by atoms with Crippen LogP contribution in [0.3, 0.4) is 0 Å². The Morgan fingerprint density at radius 3 is 3.00 bits per heavy atom. The second kappa shape index (κ2) is 8.39. The molecule has 0 aliphatic carbocycles. The zero-order valence-corrected chi connectivity index (χ0v) is 14.7. The molecule has 1 aliphatic rings. The van der Waals surface area contributed by atoms with E-state index in [4.69, 9.17) is 9.47 Å². The van der Waals surface area contributed by atoms with Gasteiger partial charge in [0.05, 0.1) is 13.7 Å². The van der Waals surface area contributed by atoms with Gasteiger partial charge >= 0.3 is 6.03 Å². The van der Waals surface area contributed by atoms with E-state index >= 15 is 0 Å². The van der Waals surface area contributed by atoms with Crippen LogP contribution in [0.5, 0.6) is 5.75 Å². The molecule has 1 unspecified atom stereocenters. The third kappa shape index (κ3) is 4.61. The van der Waals surface area contributed by atoms with E-state index < -0.39 is 0 Å². The number of hydrogen-bond donors (Lipinski definition) is 1. The van der Waals surface area contributed by atoms with Crippen molar-refractivity contribution in [2.45, 2.75) is 19.4 Å². The number of ether oxygens (including phenoxy) is 2. The highest BCUT2D eigenvalue weighted by Gasteiger charge is 2.23. The van der Waals surface area contributed by atoms with Crippen LogP contribution in [0.1, 0.15) is 18.4 Å². The van der Waals surface area contributed by atoms with Gasteiger partial charge in [0.2, 0.25) is 0 Å². The van der Waals surface area contributed by atoms with Gasteiger partial charge in [0, 0.05) is 37.1 Å². The van der Waals surface area contributed by atoms with Crippen molar-refractivity contribution in [2.24, 2.45) is 5.92 Å². The molecule has 122 valence electrons. The number of carbonyl (C=O) groups excluding carboxylic acids is 1. The maximum Gasteiger partial charge on any atom is 0.317 e. The number of carbonyl (C=O) groups is 1. The molecule has 0 saturated carbocycles. The molecular formula is C16H23BrN2O3. The Morgan fingerprint density at radius 1 is 1.45 bits per heavy atom. The first-order chi connectivity index (χ1) is 10.6. The number of nitrogens with one attached hydrogen (secondary N) is 1. The van der Waals surface area contributed by atoms with E-state index in [9.17, 15) is 4.79 Å². The highest BCUT2D eigenvalue weighted by molar-refractivity contribution is 9.10. The number of piperidine rings is 1. The van der Waals surface area contributed by atoms with Crippen LogP contribution >= 0.6 is 15.9 Å². The van der Waals surface area contributed by atoms with Gasteiger partial charge in [0.15, 0.2) is 0 Å². The van der Waals surface area contributed by atoms with Crippen molar-refractivity contribution in [2.75, 3.05) is 33.9 Å². The number of amides is 2. The van der Waals surface area contributed by atoms with Crippen molar-refractivity contribution in [3.05, 3.63) is 28.2 Å². The van der Waals surface area contributed by atoms with Crippen molar-refractivity contribution in [1.29, 1.82) is 0 Å². The predicted octanol–water partition coefficient (Wildman–Crippen LogP) is 3.03. The van der Waals surface area contributed by atoms with Gasteiger partial charge in [0.1, 0.15) is 5.75 Å². The molecule has 1 N–H and O–H groups in total. The fraction of sp³-hybridized carbons (Fsp3) is 0.562. The number of halogens is 1. The quantitative estimate of drug-likeness (QED) is 0.866. The number of rotatable bonds is 5. The Labute approximate surface area is 140 Å². The molecule has 0 spiro atoms. The SMILES string of the molecule is COCC1CCCN(C(=O)NCc2cc(OC)ccc2Br)C1. The number of likely N-dealkylation sites (tertiary alicyclic amines) is 1. The Kier molecular flexibility index (Phi) is 6.51. The minimum Gasteiger partial charge on any atom is -0.497 e. The Bertz CT molecular complexity index is 508. The Balaban J connectivity index is 1.89. The van der Waals surface area contributed by atoms with E-state index in [0.29, 0.717) is 19.1 Å². The van der Waals surface area contributed by atoms with Crippen molar-refractivity contribution >= 4 is 22.0 Å². The van der Waals surface area contributed by atoms with Crippen molar-refractivity contribution < 1.29 is 14.3 Å². The largest absolute Gasteiger partial charge is 0.497 e. The molecule has 1 aromatic rings.